The molecule has 1 aromatic carbocycles. The number of aromatic nitrogens is 2. The van der Waals surface area contributed by atoms with Crippen LogP contribution in [0.15, 0.2) is 24.4 Å². The third-order valence-electron chi connectivity index (χ3n) is 4.90. The molecule has 5 N–H and O–H groups in total. The summed E-state index contributed by atoms with van der Waals surface area (Å²) < 4.78 is 33.2. The number of H-pyrrole nitrogens is 1. The first-order valence-electron chi connectivity index (χ1n) is 7.83. The van der Waals surface area contributed by atoms with Gasteiger partial charge in [0.05, 0.1) is 24.2 Å². The Labute approximate surface area is 137 Å². The van der Waals surface area contributed by atoms with Gasteiger partial charge in [0.25, 0.3) is 0 Å². The fraction of sp³-hybridized carbons (Fsp3) is 0.438. The van der Waals surface area contributed by atoms with Gasteiger partial charge in [0.2, 0.25) is 0 Å². The van der Waals surface area contributed by atoms with Gasteiger partial charge in [-0.25, -0.2) is 8.78 Å². The number of ether oxygens (including phenoxy) is 1. The minimum Gasteiger partial charge on any atom is -0.368 e. The fourth-order valence-corrected chi connectivity index (χ4v) is 3.58. The van der Waals surface area contributed by atoms with E-state index in [9.17, 15) is 8.78 Å². The van der Waals surface area contributed by atoms with Crippen molar-refractivity contribution in [2.45, 2.75) is 37.3 Å². The van der Waals surface area contributed by atoms with Crippen molar-refractivity contribution in [3.63, 3.8) is 0 Å². The van der Waals surface area contributed by atoms with Crippen LogP contribution in [-0.2, 0) is 17.8 Å². The quantitative estimate of drug-likeness (QED) is 0.765. The van der Waals surface area contributed by atoms with Crippen molar-refractivity contribution in [1.82, 2.24) is 15.1 Å². The molecular formula is C16H19F2N5O. The van der Waals surface area contributed by atoms with Gasteiger partial charge in [0.15, 0.2) is 0 Å². The van der Waals surface area contributed by atoms with Gasteiger partial charge in [-0.1, -0.05) is 0 Å². The molecular weight excluding hydrogens is 316 g/mol. The molecule has 0 spiro atoms. The summed E-state index contributed by atoms with van der Waals surface area (Å²) in [5.74, 6) is -1.04. The van der Waals surface area contributed by atoms with Gasteiger partial charge in [-0.15, -0.1) is 0 Å². The standard InChI is InChI=1S/C16H19F2N5O/c17-10-1-2-12(18)11(3-10)15-13(19)4-16(20,8-24-15)23-6-9-5-21-22-14(9)7-23/h1-3,5,13,15H,4,6-8,19-20H2,(H,21,22). The molecule has 0 bridgehead atoms. The predicted molar refractivity (Wildman–Crippen MR) is 82.4 cm³/mol. The zero-order valence-electron chi connectivity index (χ0n) is 13.0. The van der Waals surface area contributed by atoms with E-state index in [4.69, 9.17) is 16.2 Å². The topological polar surface area (TPSA) is 93.2 Å². The van der Waals surface area contributed by atoms with Gasteiger partial charge in [-0.2, -0.15) is 5.10 Å². The number of hydrogen-bond donors (Lipinski definition) is 3. The van der Waals surface area contributed by atoms with E-state index in [1.165, 1.54) is 0 Å². The molecule has 0 aliphatic carbocycles. The fourth-order valence-electron chi connectivity index (χ4n) is 3.58. The Bertz CT molecular complexity index is 746. The number of benzene rings is 1. The summed E-state index contributed by atoms with van der Waals surface area (Å²) in [6.45, 7) is 1.50. The number of fused-ring (bicyclic) bond motifs is 1. The van der Waals surface area contributed by atoms with E-state index >= 15 is 0 Å². The summed E-state index contributed by atoms with van der Waals surface area (Å²) in [6.07, 6.45) is 1.50. The first-order chi connectivity index (χ1) is 11.5. The summed E-state index contributed by atoms with van der Waals surface area (Å²) in [5, 5.41) is 6.96. The predicted octanol–water partition coefficient (Wildman–Crippen LogP) is 1.15. The van der Waals surface area contributed by atoms with E-state index in [0.29, 0.717) is 19.5 Å². The van der Waals surface area contributed by atoms with Crippen LogP contribution in [-0.4, -0.2) is 33.4 Å². The molecule has 0 radical (unpaired) electrons. The monoisotopic (exact) mass is 335 g/mol. The lowest BCUT2D eigenvalue weighted by molar-refractivity contribution is -0.102. The highest BCUT2D eigenvalue weighted by Gasteiger charge is 2.45. The first kappa shape index (κ1) is 15.6. The minimum absolute atomic E-state index is 0.139. The van der Waals surface area contributed by atoms with E-state index < -0.39 is 29.4 Å². The molecule has 4 rings (SSSR count). The largest absolute Gasteiger partial charge is 0.368 e. The second-order valence-electron chi connectivity index (χ2n) is 6.60. The number of halogens is 2. The van der Waals surface area contributed by atoms with Crippen molar-refractivity contribution < 1.29 is 13.5 Å². The average molecular weight is 335 g/mol. The number of rotatable bonds is 2. The zero-order valence-corrected chi connectivity index (χ0v) is 13.0. The number of nitrogens with zero attached hydrogens (tertiary/aromatic N) is 2. The van der Waals surface area contributed by atoms with Crippen LogP contribution in [0.4, 0.5) is 8.78 Å². The molecule has 2 aliphatic rings. The van der Waals surface area contributed by atoms with E-state index in [1.807, 2.05) is 0 Å². The first-order valence-corrected chi connectivity index (χ1v) is 7.83. The van der Waals surface area contributed by atoms with Crippen LogP contribution in [0.25, 0.3) is 0 Å². The van der Waals surface area contributed by atoms with Crippen LogP contribution < -0.4 is 11.5 Å². The lowest BCUT2D eigenvalue weighted by Crippen LogP contribution is -2.63. The Hall–Kier alpha value is -1.87. The number of nitrogens with two attached hydrogens (primary N) is 2. The molecule has 1 saturated heterocycles. The Kier molecular flexibility index (Phi) is 3.65. The highest BCUT2D eigenvalue weighted by Crippen LogP contribution is 2.37. The maximum Gasteiger partial charge on any atom is 0.129 e. The van der Waals surface area contributed by atoms with E-state index in [1.54, 1.807) is 6.20 Å². The Morgan fingerprint density at radius 1 is 1.33 bits per heavy atom. The number of aromatic amines is 1. The maximum absolute atomic E-state index is 14.0. The molecule has 3 heterocycles. The molecule has 24 heavy (non-hydrogen) atoms. The Morgan fingerprint density at radius 3 is 2.92 bits per heavy atom. The van der Waals surface area contributed by atoms with E-state index in [0.717, 1.165) is 29.5 Å². The van der Waals surface area contributed by atoms with E-state index in [-0.39, 0.29) is 12.2 Å². The summed E-state index contributed by atoms with van der Waals surface area (Å²) >= 11 is 0. The van der Waals surface area contributed by atoms with Gasteiger partial charge in [0.1, 0.15) is 17.7 Å². The number of hydrogen-bond acceptors (Lipinski definition) is 5. The van der Waals surface area contributed by atoms with Crippen LogP contribution in [0.2, 0.25) is 0 Å². The summed E-state index contributed by atoms with van der Waals surface area (Å²) in [5.41, 5.74) is 14.3. The summed E-state index contributed by atoms with van der Waals surface area (Å²) in [6, 6.07) is 2.77. The van der Waals surface area contributed by atoms with Gasteiger partial charge in [0, 0.05) is 30.3 Å². The van der Waals surface area contributed by atoms with Crippen molar-refractivity contribution in [1.29, 1.82) is 0 Å². The molecule has 2 aromatic rings. The highest BCUT2D eigenvalue weighted by molar-refractivity contribution is 5.25. The van der Waals surface area contributed by atoms with Crippen molar-refractivity contribution in [3.8, 4) is 0 Å². The molecule has 2 aliphatic heterocycles. The highest BCUT2D eigenvalue weighted by atomic mass is 19.1. The normalized spacial score (nSPS) is 30.5. The van der Waals surface area contributed by atoms with E-state index in [2.05, 4.69) is 15.1 Å². The smallest absolute Gasteiger partial charge is 0.129 e. The number of nitrogens with one attached hydrogen (secondary N) is 1. The van der Waals surface area contributed by atoms with Gasteiger partial charge in [-0.05, 0) is 24.6 Å². The SMILES string of the molecule is NC1CC(N)(N2Cc3cn[nH]c3C2)COC1c1cc(F)ccc1F. The van der Waals surface area contributed by atoms with Crippen LogP contribution in [0.1, 0.15) is 29.3 Å². The second-order valence-corrected chi connectivity index (χ2v) is 6.60. The average Bonchev–Trinajstić information content (AvgIpc) is 3.12. The molecule has 0 saturated carbocycles. The van der Waals surface area contributed by atoms with Crippen molar-refractivity contribution in [2.24, 2.45) is 11.5 Å². The maximum atomic E-state index is 14.0. The summed E-state index contributed by atoms with van der Waals surface area (Å²) in [7, 11) is 0. The Balaban J connectivity index is 1.52. The zero-order chi connectivity index (χ0) is 16.9. The molecule has 0 amide bonds. The third-order valence-corrected chi connectivity index (χ3v) is 4.90. The molecule has 1 aromatic heterocycles. The molecule has 1 fully saturated rings. The van der Waals surface area contributed by atoms with Crippen molar-refractivity contribution in [2.75, 3.05) is 6.61 Å². The van der Waals surface area contributed by atoms with Gasteiger partial charge < -0.3 is 16.2 Å². The lowest BCUT2D eigenvalue weighted by Gasteiger charge is -2.46. The van der Waals surface area contributed by atoms with Crippen LogP contribution in [0.5, 0.6) is 0 Å². The molecule has 3 unspecified atom stereocenters. The molecule has 3 atom stereocenters. The van der Waals surface area contributed by atoms with Crippen molar-refractivity contribution in [3.05, 3.63) is 52.9 Å². The van der Waals surface area contributed by atoms with Crippen LogP contribution in [0, 0.1) is 11.6 Å². The van der Waals surface area contributed by atoms with Crippen molar-refractivity contribution >= 4 is 0 Å². The third kappa shape index (κ3) is 2.51. The summed E-state index contributed by atoms with van der Waals surface area (Å²) in [4.78, 5) is 2.08. The van der Waals surface area contributed by atoms with Gasteiger partial charge >= 0.3 is 0 Å². The van der Waals surface area contributed by atoms with Crippen LogP contribution in [0.3, 0.4) is 0 Å². The second kappa shape index (κ2) is 5.59. The lowest BCUT2D eigenvalue weighted by atomic mass is 9.89. The Morgan fingerprint density at radius 2 is 2.17 bits per heavy atom. The molecule has 128 valence electrons. The minimum atomic E-state index is -0.750. The van der Waals surface area contributed by atoms with Crippen LogP contribution >= 0.6 is 0 Å². The molecule has 8 heteroatoms. The van der Waals surface area contributed by atoms with Gasteiger partial charge in [-0.3, -0.25) is 10.00 Å². The molecule has 6 nitrogen and oxygen atoms in total.